The molecule has 0 aliphatic rings. The first-order valence-corrected chi connectivity index (χ1v) is 7.17. The SMILES string of the molecule is CCCCCCCC(=O)O.O=C(O)c1ccc(C(=O)O)cc1. The van der Waals surface area contributed by atoms with Gasteiger partial charge in [-0.25, -0.2) is 9.59 Å². The average molecular weight is 310 g/mol. The second-order valence-electron chi connectivity index (χ2n) is 4.75. The van der Waals surface area contributed by atoms with E-state index in [4.69, 9.17) is 15.3 Å². The summed E-state index contributed by atoms with van der Waals surface area (Å²) >= 11 is 0. The molecule has 0 aliphatic heterocycles. The number of rotatable bonds is 8. The van der Waals surface area contributed by atoms with Crippen molar-refractivity contribution in [2.24, 2.45) is 0 Å². The normalized spacial score (nSPS) is 9.50. The van der Waals surface area contributed by atoms with Crippen LogP contribution >= 0.6 is 0 Å². The van der Waals surface area contributed by atoms with Crippen molar-refractivity contribution in [2.75, 3.05) is 0 Å². The Morgan fingerprint density at radius 3 is 1.50 bits per heavy atom. The van der Waals surface area contributed by atoms with E-state index >= 15 is 0 Å². The van der Waals surface area contributed by atoms with Gasteiger partial charge in [0, 0.05) is 6.42 Å². The fraction of sp³-hybridized carbons (Fsp3) is 0.438. The maximum absolute atomic E-state index is 10.3. The number of carbonyl (C=O) groups is 3. The van der Waals surface area contributed by atoms with Gasteiger partial charge in [-0.05, 0) is 30.7 Å². The molecule has 0 bridgehead atoms. The zero-order chi connectivity index (χ0) is 17.0. The van der Waals surface area contributed by atoms with Gasteiger partial charge in [-0.1, -0.05) is 32.6 Å². The molecule has 1 aromatic carbocycles. The largest absolute Gasteiger partial charge is 0.481 e. The molecule has 0 aliphatic carbocycles. The Kier molecular flexibility index (Phi) is 10.1. The Morgan fingerprint density at radius 2 is 1.18 bits per heavy atom. The van der Waals surface area contributed by atoms with E-state index < -0.39 is 17.9 Å². The highest BCUT2D eigenvalue weighted by molar-refractivity contribution is 5.91. The van der Waals surface area contributed by atoms with Crippen molar-refractivity contribution in [1.29, 1.82) is 0 Å². The summed E-state index contributed by atoms with van der Waals surface area (Å²) in [7, 11) is 0. The van der Waals surface area contributed by atoms with Gasteiger partial charge in [0.15, 0.2) is 0 Å². The van der Waals surface area contributed by atoms with Crippen LogP contribution in [-0.4, -0.2) is 33.2 Å². The van der Waals surface area contributed by atoms with Crippen LogP contribution in [0.5, 0.6) is 0 Å². The lowest BCUT2D eigenvalue weighted by Crippen LogP contribution is -1.99. The monoisotopic (exact) mass is 310 g/mol. The van der Waals surface area contributed by atoms with Crippen molar-refractivity contribution >= 4 is 17.9 Å². The quantitative estimate of drug-likeness (QED) is 0.633. The summed E-state index contributed by atoms with van der Waals surface area (Å²) in [5, 5.41) is 25.2. The maximum Gasteiger partial charge on any atom is 0.335 e. The highest BCUT2D eigenvalue weighted by Crippen LogP contribution is 2.04. The summed E-state index contributed by atoms with van der Waals surface area (Å²) in [6.45, 7) is 2.15. The Balaban J connectivity index is 0.000000409. The molecule has 0 saturated carbocycles. The Morgan fingerprint density at radius 1 is 0.773 bits per heavy atom. The molecule has 1 rings (SSSR count). The predicted molar refractivity (Wildman–Crippen MR) is 81.4 cm³/mol. The molecule has 0 saturated heterocycles. The molecule has 0 spiro atoms. The van der Waals surface area contributed by atoms with E-state index in [1.54, 1.807) is 0 Å². The number of aromatic carboxylic acids is 2. The van der Waals surface area contributed by atoms with Gasteiger partial charge in [0.2, 0.25) is 0 Å². The second kappa shape index (κ2) is 11.3. The first-order valence-electron chi connectivity index (χ1n) is 7.17. The van der Waals surface area contributed by atoms with Crippen LogP contribution in [0.2, 0.25) is 0 Å². The molecular formula is C16H22O6. The summed E-state index contributed by atoms with van der Waals surface area (Å²) in [4.78, 5) is 30.7. The summed E-state index contributed by atoms with van der Waals surface area (Å²) < 4.78 is 0. The number of carboxylic acids is 3. The van der Waals surface area contributed by atoms with Crippen LogP contribution < -0.4 is 0 Å². The third-order valence-electron chi connectivity index (χ3n) is 2.87. The lowest BCUT2D eigenvalue weighted by atomic mass is 10.1. The predicted octanol–water partition coefficient (Wildman–Crippen LogP) is 3.51. The van der Waals surface area contributed by atoms with E-state index in [-0.39, 0.29) is 11.1 Å². The Hall–Kier alpha value is -2.37. The molecule has 3 N–H and O–H groups in total. The standard InChI is InChI=1S/C8H6O4.C8H16O2/c9-7(10)5-1-2-6(4-3-5)8(11)12;1-2-3-4-5-6-7-8(9)10/h1-4H,(H,9,10)(H,11,12);2-7H2,1H3,(H,9,10). The van der Waals surface area contributed by atoms with Gasteiger partial charge < -0.3 is 15.3 Å². The van der Waals surface area contributed by atoms with Gasteiger partial charge in [0.05, 0.1) is 11.1 Å². The van der Waals surface area contributed by atoms with Crippen molar-refractivity contribution in [3.05, 3.63) is 35.4 Å². The number of carboxylic acid groups (broad SMARTS) is 3. The summed E-state index contributed by atoms with van der Waals surface area (Å²) in [6, 6.07) is 5.02. The zero-order valence-corrected chi connectivity index (χ0v) is 12.6. The van der Waals surface area contributed by atoms with Crippen LogP contribution in [0.1, 0.15) is 66.2 Å². The smallest absolute Gasteiger partial charge is 0.335 e. The molecule has 0 unspecified atom stereocenters. The van der Waals surface area contributed by atoms with E-state index in [1.807, 2.05) is 0 Å². The van der Waals surface area contributed by atoms with Crippen molar-refractivity contribution in [3.63, 3.8) is 0 Å². The Bertz CT molecular complexity index is 445. The molecule has 1 aromatic rings. The average Bonchev–Trinajstić information content (AvgIpc) is 2.47. The highest BCUT2D eigenvalue weighted by atomic mass is 16.4. The van der Waals surface area contributed by atoms with Crippen LogP contribution in [0.3, 0.4) is 0 Å². The molecule has 122 valence electrons. The molecule has 22 heavy (non-hydrogen) atoms. The number of hydrogen-bond donors (Lipinski definition) is 3. The molecular weight excluding hydrogens is 288 g/mol. The van der Waals surface area contributed by atoms with Crippen LogP contribution in [0, 0.1) is 0 Å². The molecule has 6 heteroatoms. The van der Waals surface area contributed by atoms with E-state index in [1.165, 1.54) is 43.5 Å². The molecule has 0 heterocycles. The van der Waals surface area contributed by atoms with Gasteiger partial charge in [0.25, 0.3) is 0 Å². The van der Waals surface area contributed by atoms with Crippen molar-refractivity contribution in [3.8, 4) is 0 Å². The summed E-state index contributed by atoms with van der Waals surface area (Å²) in [5.74, 6) is -2.80. The third-order valence-corrected chi connectivity index (χ3v) is 2.87. The first kappa shape index (κ1) is 19.6. The number of aliphatic carboxylic acids is 1. The van der Waals surface area contributed by atoms with Crippen LogP contribution in [0.25, 0.3) is 0 Å². The number of unbranched alkanes of at least 4 members (excludes halogenated alkanes) is 4. The molecule has 0 amide bonds. The first-order chi connectivity index (χ1) is 10.4. The molecule has 0 radical (unpaired) electrons. The minimum Gasteiger partial charge on any atom is -0.481 e. The van der Waals surface area contributed by atoms with Crippen LogP contribution in [0.4, 0.5) is 0 Å². The van der Waals surface area contributed by atoms with Gasteiger partial charge in [-0.3, -0.25) is 4.79 Å². The van der Waals surface area contributed by atoms with E-state index in [0.29, 0.717) is 6.42 Å². The van der Waals surface area contributed by atoms with Crippen LogP contribution in [0.15, 0.2) is 24.3 Å². The molecule has 0 fully saturated rings. The summed E-state index contributed by atoms with van der Waals surface area (Å²) in [6.07, 6.45) is 5.88. The van der Waals surface area contributed by atoms with Crippen molar-refractivity contribution in [2.45, 2.75) is 45.4 Å². The topological polar surface area (TPSA) is 112 Å². The van der Waals surface area contributed by atoms with Gasteiger partial charge >= 0.3 is 17.9 Å². The molecule has 0 aromatic heterocycles. The van der Waals surface area contributed by atoms with E-state index in [2.05, 4.69) is 6.92 Å². The minimum atomic E-state index is -1.06. The van der Waals surface area contributed by atoms with E-state index in [9.17, 15) is 14.4 Å². The lowest BCUT2D eigenvalue weighted by Gasteiger charge is -1.95. The zero-order valence-electron chi connectivity index (χ0n) is 12.6. The van der Waals surface area contributed by atoms with Gasteiger partial charge in [-0.15, -0.1) is 0 Å². The Labute approximate surface area is 129 Å². The fourth-order valence-corrected chi connectivity index (χ4v) is 1.64. The van der Waals surface area contributed by atoms with Crippen LogP contribution in [-0.2, 0) is 4.79 Å². The number of benzene rings is 1. The second-order valence-corrected chi connectivity index (χ2v) is 4.75. The summed E-state index contributed by atoms with van der Waals surface area (Å²) in [5.41, 5.74) is 0.167. The lowest BCUT2D eigenvalue weighted by molar-refractivity contribution is -0.137. The molecule has 0 atom stereocenters. The van der Waals surface area contributed by atoms with E-state index in [0.717, 1.165) is 12.8 Å². The third kappa shape index (κ3) is 9.52. The van der Waals surface area contributed by atoms with Gasteiger partial charge in [-0.2, -0.15) is 0 Å². The highest BCUT2D eigenvalue weighted by Gasteiger charge is 2.04. The maximum atomic E-state index is 10.3. The molecule has 6 nitrogen and oxygen atoms in total. The minimum absolute atomic E-state index is 0.0833. The number of hydrogen-bond acceptors (Lipinski definition) is 3. The van der Waals surface area contributed by atoms with Crippen molar-refractivity contribution in [1.82, 2.24) is 0 Å². The van der Waals surface area contributed by atoms with Gasteiger partial charge in [0.1, 0.15) is 0 Å². The fourth-order valence-electron chi connectivity index (χ4n) is 1.64. The van der Waals surface area contributed by atoms with Crippen molar-refractivity contribution < 1.29 is 29.7 Å².